The van der Waals surface area contributed by atoms with Crippen LogP contribution in [0.15, 0.2) is 0 Å². The first kappa shape index (κ1) is 12.8. The van der Waals surface area contributed by atoms with E-state index in [1.54, 1.807) is 4.90 Å². The fourth-order valence-corrected chi connectivity index (χ4v) is 1.88. The van der Waals surface area contributed by atoms with E-state index < -0.39 is 0 Å². The largest absolute Gasteiger partial charge is 0.469 e. The number of esters is 1. The number of hydrogen-bond acceptors (Lipinski definition) is 3. The zero-order valence-corrected chi connectivity index (χ0v) is 10.2. The van der Waals surface area contributed by atoms with Crippen LogP contribution >= 0.6 is 0 Å². The normalized spacial score (nSPS) is 20.1. The molecule has 0 bridgehead atoms. The summed E-state index contributed by atoms with van der Waals surface area (Å²) in [7, 11) is 1.36. The standard InChI is InChI=1S/C11H20N2O3/c1-8(2)6-9-7-13(11(15)12-9)5-4-10(14)16-3/h8-9H,4-7H2,1-3H3,(H,12,15). The van der Waals surface area contributed by atoms with E-state index >= 15 is 0 Å². The highest BCUT2D eigenvalue weighted by Gasteiger charge is 2.28. The van der Waals surface area contributed by atoms with Crippen molar-refractivity contribution in [3.63, 3.8) is 0 Å². The molecular formula is C11H20N2O3. The summed E-state index contributed by atoms with van der Waals surface area (Å²) in [5.74, 6) is 0.283. The Balaban J connectivity index is 2.33. The van der Waals surface area contributed by atoms with E-state index in [9.17, 15) is 9.59 Å². The first-order valence-electron chi connectivity index (χ1n) is 5.65. The minimum absolute atomic E-state index is 0.0745. The molecule has 0 saturated carbocycles. The van der Waals surface area contributed by atoms with Gasteiger partial charge in [0.05, 0.1) is 13.5 Å². The van der Waals surface area contributed by atoms with Crippen LogP contribution in [0.3, 0.4) is 0 Å². The monoisotopic (exact) mass is 228 g/mol. The smallest absolute Gasteiger partial charge is 0.317 e. The summed E-state index contributed by atoms with van der Waals surface area (Å²) in [6, 6.07) is 0.139. The summed E-state index contributed by atoms with van der Waals surface area (Å²) in [5, 5.41) is 2.91. The lowest BCUT2D eigenvalue weighted by molar-refractivity contribution is -0.140. The highest BCUT2D eigenvalue weighted by atomic mass is 16.5. The topological polar surface area (TPSA) is 58.6 Å². The van der Waals surface area contributed by atoms with E-state index in [1.165, 1.54) is 7.11 Å². The van der Waals surface area contributed by atoms with Crippen LogP contribution in [0.2, 0.25) is 0 Å². The maximum absolute atomic E-state index is 11.5. The zero-order valence-electron chi connectivity index (χ0n) is 10.2. The van der Waals surface area contributed by atoms with Crippen molar-refractivity contribution < 1.29 is 14.3 Å². The number of nitrogens with one attached hydrogen (secondary N) is 1. The van der Waals surface area contributed by atoms with Crippen molar-refractivity contribution in [3.8, 4) is 0 Å². The highest BCUT2D eigenvalue weighted by molar-refractivity contribution is 5.78. The Morgan fingerprint density at radius 1 is 1.62 bits per heavy atom. The lowest BCUT2D eigenvalue weighted by Crippen LogP contribution is -2.30. The molecule has 1 saturated heterocycles. The maximum Gasteiger partial charge on any atom is 0.317 e. The van der Waals surface area contributed by atoms with Gasteiger partial charge < -0.3 is 15.0 Å². The van der Waals surface area contributed by atoms with Crippen molar-refractivity contribution in [2.24, 2.45) is 5.92 Å². The van der Waals surface area contributed by atoms with Gasteiger partial charge in [0.25, 0.3) is 0 Å². The Hall–Kier alpha value is -1.26. The summed E-state index contributed by atoms with van der Waals surface area (Å²) >= 11 is 0. The number of carbonyl (C=O) groups excluding carboxylic acids is 2. The molecule has 92 valence electrons. The molecule has 2 amide bonds. The summed E-state index contributed by atoms with van der Waals surface area (Å²) in [6.07, 6.45) is 1.23. The minimum atomic E-state index is -0.278. The van der Waals surface area contributed by atoms with Gasteiger partial charge in [0.15, 0.2) is 0 Å². The average molecular weight is 228 g/mol. The molecule has 5 heteroatoms. The van der Waals surface area contributed by atoms with E-state index in [0.717, 1.165) is 6.42 Å². The van der Waals surface area contributed by atoms with Gasteiger partial charge >= 0.3 is 12.0 Å². The van der Waals surface area contributed by atoms with E-state index in [2.05, 4.69) is 23.9 Å². The molecule has 1 heterocycles. The van der Waals surface area contributed by atoms with Crippen molar-refractivity contribution in [2.45, 2.75) is 32.7 Å². The molecule has 1 N–H and O–H groups in total. The first-order chi connectivity index (χ1) is 7.52. The fraction of sp³-hybridized carbons (Fsp3) is 0.818. The summed E-state index contributed by atoms with van der Waals surface area (Å²) in [5.41, 5.74) is 0. The second kappa shape index (κ2) is 5.72. The quantitative estimate of drug-likeness (QED) is 0.714. The molecule has 1 rings (SSSR count). The molecule has 0 aromatic carbocycles. The SMILES string of the molecule is COC(=O)CCN1CC(CC(C)C)NC1=O. The number of carbonyl (C=O) groups is 2. The highest BCUT2D eigenvalue weighted by Crippen LogP contribution is 2.12. The van der Waals surface area contributed by atoms with Crippen LogP contribution in [0.5, 0.6) is 0 Å². The molecule has 0 radical (unpaired) electrons. The van der Waals surface area contributed by atoms with Crippen molar-refractivity contribution in [2.75, 3.05) is 20.2 Å². The Kier molecular flexibility index (Phi) is 4.58. The second-order valence-electron chi connectivity index (χ2n) is 4.55. The van der Waals surface area contributed by atoms with Crippen LogP contribution in [-0.4, -0.2) is 43.1 Å². The molecule has 0 aromatic heterocycles. The predicted octanol–water partition coefficient (Wildman–Crippen LogP) is 0.989. The van der Waals surface area contributed by atoms with Gasteiger partial charge in [-0.1, -0.05) is 13.8 Å². The Morgan fingerprint density at radius 2 is 2.31 bits per heavy atom. The van der Waals surface area contributed by atoms with Crippen LogP contribution in [0, 0.1) is 5.92 Å². The molecule has 0 aliphatic carbocycles. The summed E-state index contributed by atoms with van der Waals surface area (Å²) in [4.78, 5) is 24.2. The number of hydrogen-bond donors (Lipinski definition) is 1. The number of urea groups is 1. The van der Waals surface area contributed by atoms with Gasteiger partial charge in [-0.3, -0.25) is 4.79 Å². The van der Waals surface area contributed by atoms with Gasteiger partial charge in [-0.05, 0) is 12.3 Å². The molecule has 16 heavy (non-hydrogen) atoms. The first-order valence-corrected chi connectivity index (χ1v) is 5.65. The second-order valence-corrected chi connectivity index (χ2v) is 4.55. The predicted molar refractivity (Wildman–Crippen MR) is 60.0 cm³/mol. The van der Waals surface area contributed by atoms with E-state index in [4.69, 9.17) is 0 Å². The van der Waals surface area contributed by atoms with Crippen LogP contribution < -0.4 is 5.32 Å². The number of rotatable bonds is 5. The Morgan fingerprint density at radius 3 is 2.88 bits per heavy atom. The van der Waals surface area contributed by atoms with Crippen molar-refractivity contribution in [1.82, 2.24) is 10.2 Å². The number of ether oxygens (including phenoxy) is 1. The van der Waals surface area contributed by atoms with Gasteiger partial charge in [0.2, 0.25) is 0 Å². The van der Waals surface area contributed by atoms with Crippen LogP contribution in [0.4, 0.5) is 4.79 Å². The fourth-order valence-electron chi connectivity index (χ4n) is 1.88. The lowest BCUT2D eigenvalue weighted by Gasteiger charge is -2.14. The third kappa shape index (κ3) is 3.72. The van der Waals surface area contributed by atoms with E-state index in [1.807, 2.05) is 0 Å². The average Bonchev–Trinajstić information content (AvgIpc) is 2.54. The molecule has 1 atom stereocenters. The van der Waals surface area contributed by atoms with Gasteiger partial charge in [0.1, 0.15) is 0 Å². The number of methoxy groups -OCH3 is 1. The minimum Gasteiger partial charge on any atom is -0.469 e. The third-order valence-electron chi connectivity index (χ3n) is 2.63. The van der Waals surface area contributed by atoms with Crippen molar-refractivity contribution in [1.29, 1.82) is 0 Å². The molecule has 0 spiro atoms. The third-order valence-corrected chi connectivity index (χ3v) is 2.63. The van der Waals surface area contributed by atoms with E-state index in [-0.39, 0.29) is 24.5 Å². The zero-order chi connectivity index (χ0) is 12.1. The van der Waals surface area contributed by atoms with Crippen LogP contribution in [0.1, 0.15) is 26.7 Å². The maximum atomic E-state index is 11.5. The van der Waals surface area contributed by atoms with Gasteiger partial charge in [-0.25, -0.2) is 4.79 Å². The van der Waals surface area contributed by atoms with Gasteiger partial charge in [-0.15, -0.1) is 0 Å². The number of amides is 2. The molecule has 1 aliphatic heterocycles. The number of nitrogens with zero attached hydrogens (tertiary/aromatic N) is 1. The van der Waals surface area contributed by atoms with Crippen molar-refractivity contribution in [3.05, 3.63) is 0 Å². The summed E-state index contributed by atoms with van der Waals surface area (Å²) in [6.45, 7) is 5.38. The molecule has 1 aliphatic rings. The summed E-state index contributed by atoms with van der Waals surface area (Å²) < 4.78 is 4.54. The molecule has 5 nitrogen and oxygen atoms in total. The molecular weight excluding hydrogens is 208 g/mol. The molecule has 0 aromatic rings. The van der Waals surface area contributed by atoms with Gasteiger partial charge in [-0.2, -0.15) is 0 Å². The Labute approximate surface area is 96.1 Å². The Bertz CT molecular complexity index is 266. The van der Waals surface area contributed by atoms with Gasteiger partial charge in [0, 0.05) is 19.1 Å². The lowest BCUT2D eigenvalue weighted by atomic mass is 10.0. The molecule has 1 unspecified atom stereocenters. The molecule has 1 fully saturated rings. The van der Waals surface area contributed by atoms with Crippen LogP contribution in [-0.2, 0) is 9.53 Å². The van der Waals surface area contributed by atoms with E-state index in [0.29, 0.717) is 19.0 Å². The van der Waals surface area contributed by atoms with Crippen molar-refractivity contribution >= 4 is 12.0 Å². The van der Waals surface area contributed by atoms with Crippen LogP contribution in [0.25, 0.3) is 0 Å².